The molecular formula is C19H25N3O3. The van der Waals surface area contributed by atoms with Gasteiger partial charge in [-0.25, -0.2) is 4.98 Å². The van der Waals surface area contributed by atoms with Crippen molar-refractivity contribution in [1.82, 2.24) is 14.5 Å². The maximum Gasteiger partial charge on any atom is 0.224 e. The molecule has 1 fully saturated rings. The zero-order chi connectivity index (χ0) is 17.6. The second-order valence-electron chi connectivity index (χ2n) is 6.44. The molecule has 6 nitrogen and oxygen atoms in total. The van der Waals surface area contributed by atoms with Crippen LogP contribution in [0.3, 0.4) is 0 Å². The average Bonchev–Trinajstić information content (AvgIpc) is 3.18. The molecule has 6 heteroatoms. The molecular weight excluding hydrogens is 318 g/mol. The van der Waals surface area contributed by atoms with Crippen LogP contribution in [0.2, 0.25) is 0 Å². The van der Waals surface area contributed by atoms with Gasteiger partial charge in [0.2, 0.25) is 5.91 Å². The van der Waals surface area contributed by atoms with Crippen molar-refractivity contribution in [2.24, 2.45) is 0 Å². The number of nitrogens with zero attached hydrogens (tertiary/aromatic N) is 3. The first kappa shape index (κ1) is 17.3. The van der Waals surface area contributed by atoms with E-state index in [4.69, 9.17) is 9.47 Å². The molecule has 2 aromatic rings. The summed E-state index contributed by atoms with van der Waals surface area (Å²) in [6.07, 6.45) is 7.76. The summed E-state index contributed by atoms with van der Waals surface area (Å²) in [5.41, 5.74) is 0. The van der Waals surface area contributed by atoms with Crippen molar-refractivity contribution in [3.63, 3.8) is 0 Å². The highest BCUT2D eigenvalue weighted by molar-refractivity contribution is 5.76. The Morgan fingerprint density at radius 2 is 1.92 bits per heavy atom. The van der Waals surface area contributed by atoms with E-state index in [0.29, 0.717) is 6.42 Å². The highest BCUT2D eigenvalue weighted by atomic mass is 16.5. The van der Waals surface area contributed by atoms with Crippen LogP contribution in [0.25, 0.3) is 0 Å². The number of amides is 1. The number of aromatic nitrogens is 2. The van der Waals surface area contributed by atoms with E-state index in [-0.39, 0.29) is 18.1 Å². The number of carbonyl (C=O) groups excluding carboxylic acids is 1. The third-order valence-electron chi connectivity index (χ3n) is 4.66. The van der Waals surface area contributed by atoms with Gasteiger partial charge in [-0.3, -0.25) is 4.79 Å². The number of benzene rings is 1. The van der Waals surface area contributed by atoms with Gasteiger partial charge in [-0.1, -0.05) is 0 Å². The predicted octanol–water partition coefficient (Wildman–Crippen LogP) is 2.91. The minimum absolute atomic E-state index is 0.128. The van der Waals surface area contributed by atoms with Crippen LogP contribution in [-0.4, -0.2) is 46.7 Å². The second-order valence-corrected chi connectivity index (χ2v) is 6.44. The lowest BCUT2D eigenvalue weighted by molar-refractivity contribution is -0.133. The summed E-state index contributed by atoms with van der Waals surface area (Å²) < 4.78 is 13.1. The van der Waals surface area contributed by atoms with Crippen LogP contribution in [0.4, 0.5) is 0 Å². The molecule has 1 saturated heterocycles. The molecule has 0 radical (unpaired) electrons. The minimum Gasteiger partial charge on any atom is -0.497 e. The average molecular weight is 343 g/mol. The summed E-state index contributed by atoms with van der Waals surface area (Å²) in [5, 5.41) is 0. The van der Waals surface area contributed by atoms with Crippen LogP contribution in [0.1, 0.15) is 32.2 Å². The Labute approximate surface area is 148 Å². The number of ether oxygens (including phenoxy) is 2. The molecule has 1 amide bonds. The van der Waals surface area contributed by atoms with E-state index in [9.17, 15) is 4.79 Å². The second kappa shape index (κ2) is 8.05. The fraction of sp³-hybridized carbons (Fsp3) is 0.474. The SMILES string of the molecule is COc1ccc(OC2CCN(C(=O)CC(C)n3ccnc3)CC2)cc1. The molecule has 1 unspecified atom stereocenters. The summed E-state index contributed by atoms with van der Waals surface area (Å²) in [7, 11) is 1.65. The van der Waals surface area contributed by atoms with Crippen LogP contribution >= 0.6 is 0 Å². The minimum atomic E-state index is 0.128. The fourth-order valence-electron chi connectivity index (χ4n) is 3.09. The molecule has 134 valence electrons. The maximum absolute atomic E-state index is 12.5. The third-order valence-corrected chi connectivity index (χ3v) is 4.66. The molecule has 25 heavy (non-hydrogen) atoms. The van der Waals surface area contributed by atoms with Crippen molar-refractivity contribution in [3.8, 4) is 11.5 Å². The van der Waals surface area contributed by atoms with Gasteiger partial charge >= 0.3 is 0 Å². The number of hydrogen-bond acceptors (Lipinski definition) is 4. The Balaban J connectivity index is 1.45. The van der Waals surface area contributed by atoms with Gasteiger partial charge in [-0.15, -0.1) is 0 Å². The van der Waals surface area contributed by atoms with E-state index in [0.717, 1.165) is 37.4 Å². The van der Waals surface area contributed by atoms with Crippen molar-refractivity contribution in [2.75, 3.05) is 20.2 Å². The largest absolute Gasteiger partial charge is 0.497 e. The smallest absolute Gasteiger partial charge is 0.224 e. The Hall–Kier alpha value is -2.50. The number of piperidine rings is 1. The highest BCUT2D eigenvalue weighted by Gasteiger charge is 2.25. The van der Waals surface area contributed by atoms with Crippen molar-refractivity contribution in [2.45, 2.75) is 38.3 Å². The zero-order valence-electron chi connectivity index (χ0n) is 14.8. The Kier molecular flexibility index (Phi) is 5.58. The molecule has 0 aliphatic carbocycles. The first-order chi connectivity index (χ1) is 12.2. The van der Waals surface area contributed by atoms with E-state index in [1.807, 2.05) is 46.9 Å². The lowest BCUT2D eigenvalue weighted by Crippen LogP contribution is -2.42. The van der Waals surface area contributed by atoms with Gasteiger partial charge in [0, 0.05) is 50.8 Å². The van der Waals surface area contributed by atoms with Crippen LogP contribution in [-0.2, 0) is 4.79 Å². The summed E-state index contributed by atoms with van der Waals surface area (Å²) in [5.74, 6) is 1.86. The van der Waals surface area contributed by atoms with Crippen LogP contribution < -0.4 is 9.47 Å². The van der Waals surface area contributed by atoms with Gasteiger partial charge in [0.15, 0.2) is 0 Å². The van der Waals surface area contributed by atoms with Gasteiger partial charge in [-0.2, -0.15) is 0 Å². The molecule has 0 N–H and O–H groups in total. The Morgan fingerprint density at radius 1 is 1.24 bits per heavy atom. The predicted molar refractivity (Wildman–Crippen MR) is 94.8 cm³/mol. The van der Waals surface area contributed by atoms with E-state index >= 15 is 0 Å². The number of carbonyl (C=O) groups is 1. The van der Waals surface area contributed by atoms with Gasteiger partial charge in [0.05, 0.1) is 13.4 Å². The quantitative estimate of drug-likeness (QED) is 0.809. The molecule has 1 aromatic carbocycles. The van der Waals surface area contributed by atoms with E-state index in [1.165, 1.54) is 0 Å². The van der Waals surface area contributed by atoms with Gasteiger partial charge in [-0.05, 0) is 31.2 Å². The summed E-state index contributed by atoms with van der Waals surface area (Å²) in [6, 6.07) is 7.76. The van der Waals surface area contributed by atoms with E-state index < -0.39 is 0 Å². The van der Waals surface area contributed by atoms with Crippen LogP contribution in [0.5, 0.6) is 11.5 Å². The van der Waals surface area contributed by atoms with Crippen LogP contribution in [0, 0.1) is 0 Å². The third kappa shape index (κ3) is 4.53. The molecule has 3 rings (SSSR count). The topological polar surface area (TPSA) is 56.6 Å². The molecule has 0 bridgehead atoms. The number of likely N-dealkylation sites (tertiary alicyclic amines) is 1. The number of hydrogen-bond donors (Lipinski definition) is 0. The van der Waals surface area contributed by atoms with E-state index in [1.54, 1.807) is 19.6 Å². The molecule has 0 spiro atoms. The number of rotatable bonds is 6. The first-order valence-corrected chi connectivity index (χ1v) is 8.71. The normalized spacial score (nSPS) is 16.5. The van der Waals surface area contributed by atoms with E-state index in [2.05, 4.69) is 4.98 Å². The summed E-state index contributed by atoms with van der Waals surface area (Å²) >= 11 is 0. The Morgan fingerprint density at radius 3 is 2.52 bits per heavy atom. The van der Waals surface area contributed by atoms with Crippen molar-refractivity contribution in [3.05, 3.63) is 43.0 Å². The van der Waals surface area contributed by atoms with Crippen molar-refractivity contribution in [1.29, 1.82) is 0 Å². The maximum atomic E-state index is 12.5. The zero-order valence-corrected chi connectivity index (χ0v) is 14.8. The molecule has 1 atom stereocenters. The first-order valence-electron chi connectivity index (χ1n) is 8.71. The lowest BCUT2D eigenvalue weighted by atomic mass is 10.1. The lowest BCUT2D eigenvalue weighted by Gasteiger charge is -2.33. The highest BCUT2D eigenvalue weighted by Crippen LogP contribution is 2.22. The molecule has 2 heterocycles. The molecule has 1 aliphatic heterocycles. The van der Waals surface area contributed by atoms with Crippen molar-refractivity contribution >= 4 is 5.91 Å². The number of methoxy groups -OCH3 is 1. The Bertz CT molecular complexity index is 662. The summed E-state index contributed by atoms with van der Waals surface area (Å²) in [4.78, 5) is 18.5. The molecule has 1 aromatic heterocycles. The van der Waals surface area contributed by atoms with Crippen LogP contribution in [0.15, 0.2) is 43.0 Å². The van der Waals surface area contributed by atoms with Gasteiger partial charge in [0.25, 0.3) is 0 Å². The fourth-order valence-corrected chi connectivity index (χ4v) is 3.09. The van der Waals surface area contributed by atoms with Crippen molar-refractivity contribution < 1.29 is 14.3 Å². The standard InChI is InChI=1S/C19H25N3O3/c1-15(22-12-9-20-14-22)13-19(23)21-10-7-18(8-11-21)25-17-5-3-16(24-2)4-6-17/h3-6,9,12,14-15,18H,7-8,10-11,13H2,1-2H3. The van der Waals surface area contributed by atoms with Gasteiger partial charge in [0.1, 0.15) is 17.6 Å². The monoisotopic (exact) mass is 343 g/mol. The number of imidazole rings is 1. The molecule has 0 saturated carbocycles. The molecule has 1 aliphatic rings. The van der Waals surface area contributed by atoms with Gasteiger partial charge < -0.3 is 18.9 Å². The summed E-state index contributed by atoms with van der Waals surface area (Å²) in [6.45, 7) is 3.53.